The van der Waals surface area contributed by atoms with E-state index in [4.69, 9.17) is 85.2 Å². The zero-order valence-corrected chi connectivity index (χ0v) is 85.6. The molecule has 0 unspecified atom stereocenters. The molecule has 10 N–H and O–H groups in total. The second kappa shape index (κ2) is 78.7. The number of terminal acetylenes is 1. The third kappa shape index (κ3) is 106. The van der Waals surface area contributed by atoms with Crippen LogP contribution in [0.3, 0.4) is 0 Å². The van der Waals surface area contributed by atoms with E-state index in [2.05, 4.69) is 153 Å². The summed E-state index contributed by atoms with van der Waals surface area (Å²) < 4.78 is 53.9. The Kier molecular flexibility index (Phi) is 91.7. The number of hydrogen-bond donors (Lipinski definition) is 9. The average molecular weight is 1960 g/mol. The molecule has 3 heterocycles. The zero-order valence-electron chi connectivity index (χ0n) is 77.2. The van der Waals surface area contributed by atoms with E-state index in [1.54, 1.807) is 152 Å². The van der Waals surface area contributed by atoms with Crippen LogP contribution < -0.4 is 69.6 Å². The summed E-state index contributed by atoms with van der Waals surface area (Å²) in [5.41, 5.74) is -3.26. The van der Waals surface area contributed by atoms with Crippen molar-refractivity contribution in [2.45, 2.75) is 303 Å². The van der Waals surface area contributed by atoms with Gasteiger partial charge in [-0.3, -0.25) is 4.79 Å². The fraction of sp³-hybridized carbons (Fsp3) is 0.701. The van der Waals surface area contributed by atoms with Gasteiger partial charge in [0.15, 0.2) is 22.9 Å². The van der Waals surface area contributed by atoms with Crippen LogP contribution in [0.15, 0.2) is 35.8 Å². The maximum absolute atomic E-state index is 11.6. The fourth-order valence-corrected chi connectivity index (χ4v) is 7.09. The maximum atomic E-state index is 11.6. The van der Waals surface area contributed by atoms with Gasteiger partial charge in [0, 0.05) is 50.9 Å². The molecule has 44 heteroatoms. The molecule has 36 nitrogen and oxygen atoms in total. The van der Waals surface area contributed by atoms with Crippen LogP contribution in [-0.4, -0.2) is 217 Å². The van der Waals surface area contributed by atoms with Crippen molar-refractivity contribution in [3.05, 3.63) is 51.4 Å². The molecule has 0 bridgehead atoms. The molecule has 0 aromatic carbocycles. The number of aliphatic hydroxyl groups is 1. The number of aldehydes is 1. The topological polar surface area (TPSA) is 501 Å². The van der Waals surface area contributed by atoms with Crippen molar-refractivity contribution in [3.8, 4) is 12.3 Å². The summed E-state index contributed by atoms with van der Waals surface area (Å²) in [5.74, 6) is 0.398. The number of ether oxygens (including phenoxy) is 9. The Morgan fingerprint density at radius 3 is 1.12 bits per heavy atom. The van der Waals surface area contributed by atoms with E-state index in [9.17, 15) is 47.9 Å². The smallest absolute Gasteiger partial charge is 0.870 e. The minimum absolute atomic E-state index is 0. The van der Waals surface area contributed by atoms with Crippen LogP contribution in [0.4, 0.5) is 33.6 Å². The molecule has 690 valence electrons. The number of hydrogen-bond acceptors (Lipinski definition) is 29. The van der Waals surface area contributed by atoms with Gasteiger partial charge >= 0.3 is 96.9 Å². The van der Waals surface area contributed by atoms with Crippen LogP contribution in [0.1, 0.15) is 278 Å². The zero-order chi connectivity index (χ0) is 93.4. The number of carbonyl (C=O) groups excluding carboxylic acids is 10. The van der Waals surface area contributed by atoms with E-state index in [-0.39, 0.29) is 118 Å². The summed E-state index contributed by atoms with van der Waals surface area (Å²) in [5, 5.41) is 49.1. The van der Waals surface area contributed by atoms with Gasteiger partial charge in [-0.2, -0.15) is 6.42 Å². The van der Waals surface area contributed by atoms with E-state index < -0.39 is 116 Å². The molecule has 0 spiro atoms. The van der Waals surface area contributed by atoms with Crippen molar-refractivity contribution in [2.75, 3.05) is 52.7 Å². The Bertz CT molecular complexity index is 3200. The largest absolute Gasteiger partial charge is 1.00 e. The minimum Gasteiger partial charge on any atom is -0.870 e. The third-order valence-corrected chi connectivity index (χ3v) is 12.0. The van der Waals surface area contributed by atoms with E-state index in [0.29, 0.717) is 12.0 Å². The van der Waals surface area contributed by atoms with Gasteiger partial charge in [0.05, 0.1) is 53.4 Å². The quantitative estimate of drug-likeness (QED) is 0.00568. The van der Waals surface area contributed by atoms with Gasteiger partial charge in [-0.25, -0.2) is 43.2 Å². The molecule has 0 saturated carbocycles. The molecule has 121 heavy (non-hydrogen) atoms. The molecule has 1 aliphatic rings. The van der Waals surface area contributed by atoms with E-state index in [0.717, 1.165) is 23.0 Å². The van der Waals surface area contributed by atoms with Gasteiger partial charge < -0.3 is 121 Å². The molecule has 6 atom stereocenters. The van der Waals surface area contributed by atoms with Crippen LogP contribution in [0, 0.1) is 19.3 Å². The van der Waals surface area contributed by atoms with Gasteiger partial charge in [-0.05, 0) is 274 Å². The Morgan fingerprint density at radius 1 is 0.579 bits per heavy atom. The van der Waals surface area contributed by atoms with Gasteiger partial charge in [-0.15, -0.1) is 6.42 Å². The Labute approximate surface area is 785 Å². The number of aromatic nitrogens is 2. The Hall–Kier alpha value is -5.95. The van der Waals surface area contributed by atoms with E-state index >= 15 is 0 Å². The molecule has 3 rings (SSSR count). The number of halogens is 5. The number of nitrogens with zero attached hydrogens (tertiary/aromatic N) is 4. The normalized spacial score (nSPS) is 12.4. The first-order valence-corrected chi connectivity index (χ1v) is 39.9. The minimum atomic E-state index is -1.19. The number of carbonyl (C=O) groups is 11. The van der Waals surface area contributed by atoms with Crippen LogP contribution in [-0.2, 0) is 71.7 Å². The van der Waals surface area contributed by atoms with Crippen molar-refractivity contribution >= 4 is 137 Å². The van der Waals surface area contributed by atoms with Crippen LogP contribution in [0.5, 0.6) is 0 Å². The molecule has 2 aromatic rings. The molecule has 1 aliphatic heterocycles. The number of aliphatic hydroxyl groups excluding tert-OH is 1. The summed E-state index contributed by atoms with van der Waals surface area (Å²) in [7, 11) is 0. The molecular weight excluding hydrogens is 1830 g/mol. The van der Waals surface area contributed by atoms with Crippen molar-refractivity contribution in [1.29, 1.82) is 0 Å². The van der Waals surface area contributed by atoms with Crippen LogP contribution in [0.2, 0.25) is 0 Å². The van der Waals surface area contributed by atoms with Crippen molar-refractivity contribution in [1.82, 2.24) is 47.1 Å². The third-order valence-electron chi connectivity index (χ3n) is 11.2. The van der Waals surface area contributed by atoms with Gasteiger partial charge in [-0.1, -0.05) is 67.1 Å². The first-order chi connectivity index (χ1) is 53.4. The number of carboxylic acids is 1. The van der Waals surface area contributed by atoms with Crippen molar-refractivity contribution in [3.63, 3.8) is 0 Å². The summed E-state index contributed by atoms with van der Waals surface area (Å²) in [6, 6.07) is 0.545. The number of rotatable bonds is 20. The van der Waals surface area contributed by atoms with Gasteiger partial charge in [0.2, 0.25) is 0 Å². The molecule has 2 aromatic heterocycles. The first-order valence-electron chi connectivity index (χ1n) is 37.2. The predicted molar refractivity (Wildman–Crippen MR) is 459 cm³/mol. The molecule has 1 fully saturated rings. The summed E-state index contributed by atoms with van der Waals surface area (Å²) in [6.07, 6.45) is 9.21. The summed E-state index contributed by atoms with van der Waals surface area (Å²) >= 11 is 20.2. The molecule has 1 saturated heterocycles. The second-order valence-corrected chi connectivity index (χ2v) is 33.9. The average Bonchev–Trinajstić information content (AvgIpc) is 1.73. The number of aromatic carboxylic acids is 1. The number of esters is 2. The standard InChI is InChI=1S/C13H20N2O5.C11H16N2O5.C9H15Br2NO2.C9H15NO2.C8H17NO3.C8H15NO3.C6H15N.C4H6ClNO3.C4H8O.C4H9.CCl2O.2Li.H2O.Zn/c1-6-18-11(16)9-7-10(20-15-9)8(2)14-12(17)19-13(3,4)5;1-6(12-10(16)17-11(2,3)4)8-5-7(9(14)15)13-18-8;1-6(5-7(10)11)12-8(13)14-9(2,3)4;1-6-7(2)10-8(11)12-9(3,4)5;2*1-6(5-10)9-7(11)12-8(2,3)4;1-4-7(5-2)6-3;1-2-9-4(7)3(5)6-8;1-2-4-5-3-1;1-3-4-2;2-1(3)4;;;;/h7-8H,6H2,1-5H3,(H,14,17);5-6H,1-4H3,(H,12,16)(H,14,15);5-6H,1-4H3,(H,12,13);1,7H,2-5H3,(H,10,11);6,10H,5H2,1-4H3,(H,9,11);5-6H,1-4H3,(H,9,11);4-6H2,1-3H3;8H,2H2,1H3;1-4H2;1,3-4H2,2H3;;;;1H2;/q;;;;;;;;;-1;;2*+1;;/p-1/b;;;;;;;6-3-;;;;;;;/t8-;2*6-;7-;2*6-;;;;;;;;;/m111111........./s1. The second-order valence-electron chi connectivity index (χ2n) is 29.8. The SMILES string of the molecule is C#C[C@@H](C)NC(=O)OC(C)(C)C.C1CCOC1.CCN(CC)CC.CCOC(=O)/C(Cl)=N/O.CCOC(=O)c1cc([C@@H](C)NC(=O)OC(C)(C)C)on1.C[C@@H](NC(=O)OC(C)(C)C)c1cc(C(=O)O)no1.C[C@H](C=C(Br)Br)NC(=O)OC(C)(C)C.C[C@H](C=O)NC(=O)OC(C)(C)C.C[C@H](CO)NC(=O)OC(C)(C)C.O=C(Cl)Cl.[CH2-]CCC.[Li+].[Li+].[OH-].[Zn]. The van der Waals surface area contributed by atoms with Crippen molar-refractivity contribution in [2.24, 2.45) is 5.16 Å². The van der Waals surface area contributed by atoms with E-state index in [1.807, 2.05) is 33.8 Å². The van der Waals surface area contributed by atoms with Crippen molar-refractivity contribution < 1.29 is 183 Å². The molecule has 0 radical (unpaired) electrons. The Morgan fingerprint density at radius 2 is 0.884 bits per heavy atom. The number of oxime groups is 1. The maximum Gasteiger partial charge on any atom is 1.00 e. The number of nitrogens with one attached hydrogen (secondary N) is 6. The number of unbranched alkanes of at least 4 members (excludes halogenated alkanes) is 1. The molecule has 0 aliphatic carbocycles. The van der Waals surface area contributed by atoms with Crippen LogP contribution >= 0.6 is 66.7 Å². The fourth-order valence-electron chi connectivity index (χ4n) is 6.24. The summed E-state index contributed by atoms with van der Waals surface area (Å²) in [4.78, 5) is 121. The Balaban J connectivity index is -0.000000111. The van der Waals surface area contributed by atoms with Crippen LogP contribution in [0.25, 0.3) is 0 Å². The van der Waals surface area contributed by atoms with Gasteiger partial charge in [0.25, 0.3) is 5.17 Å². The molecule has 6 amide bonds. The molecular formula is C77H137Br2Cl3Li2N10O26Zn. The number of carboxylic acid groups (broad SMARTS) is 1. The predicted octanol–water partition coefficient (Wildman–Crippen LogP) is 11.2. The number of alkyl carbamates (subject to hydrolysis) is 6. The number of amides is 6. The van der Waals surface area contributed by atoms with E-state index in [1.165, 1.54) is 51.0 Å². The monoisotopic (exact) mass is 1960 g/mol. The first kappa shape index (κ1) is 141. The van der Waals surface area contributed by atoms with Gasteiger partial charge in [0.1, 0.15) is 39.9 Å². The summed E-state index contributed by atoms with van der Waals surface area (Å²) in [6.45, 7) is 63.8.